The van der Waals surface area contributed by atoms with Gasteiger partial charge in [0.25, 0.3) is 10.0 Å². The van der Waals surface area contributed by atoms with Gasteiger partial charge >= 0.3 is 0 Å². The molecule has 1 heterocycles. The maximum atomic E-state index is 13.0. The SMILES string of the molecule is COc1cccc(S(=O)(=O)Nc2cc(Sc3ncn[nH]3)c(O)c3ccccc23)c1. The molecule has 0 bridgehead atoms. The number of phenolic OH excluding ortho intramolecular Hbond substituents is 1. The number of sulfonamides is 1. The number of H-pyrrole nitrogens is 1. The van der Waals surface area contributed by atoms with Crippen LogP contribution < -0.4 is 9.46 Å². The number of anilines is 1. The molecule has 8 nitrogen and oxygen atoms in total. The summed E-state index contributed by atoms with van der Waals surface area (Å²) in [6, 6.07) is 14.8. The maximum absolute atomic E-state index is 13.0. The summed E-state index contributed by atoms with van der Waals surface area (Å²) in [4.78, 5) is 4.54. The van der Waals surface area contributed by atoms with Crippen LogP contribution in [-0.4, -0.2) is 35.8 Å². The first-order valence-corrected chi connectivity index (χ1v) is 10.7. The number of nitrogens with one attached hydrogen (secondary N) is 2. The summed E-state index contributed by atoms with van der Waals surface area (Å²) in [6.45, 7) is 0. The van der Waals surface area contributed by atoms with E-state index in [0.717, 1.165) is 11.8 Å². The van der Waals surface area contributed by atoms with Crippen molar-refractivity contribution >= 4 is 38.2 Å². The first-order chi connectivity index (χ1) is 14.0. The highest BCUT2D eigenvalue weighted by Crippen LogP contribution is 2.42. The molecule has 4 rings (SSSR count). The number of rotatable bonds is 6. The van der Waals surface area contributed by atoms with Gasteiger partial charge in [-0.25, -0.2) is 13.4 Å². The number of hydrogen-bond acceptors (Lipinski definition) is 7. The molecule has 4 aromatic rings. The molecular weight excluding hydrogens is 412 g/mol. The molecule has 3 N–H and O–H groups in total. The van der Waals surface area contributed by atoms with Crippen LogP contribution >= 0.6 is 11.8 Å². The smallest absolute Gasteiger partial charge is 0.262 e. The molecular formula is C19H16N4O4S2. The van der Waals surface area contributed by atoms with Crippen LogP contribution in [0.1, 0.15) is 0 Å². The Bertz CT molecular complexity index is 1270. The van der Waals surface area contributed by atoms with Crippen molar-refractivity contribution in [1.82, 2.24) is 15.2 Å². The van der Waals surface area contributed by atoms with E-state index in [0.29, 0.717) is 32.3 Å². The van der Waals surface area contributed by atoms with E-state index in [-0.39, 0.29) is 10.6 Å². The summed E-state index contributed by atoms with van der Waals surface area (Å²) in [6.07, 6.45) is 1.35. The average Bonchev–Trinajstić information content (AvgIpc) is 3.24. The fraction of sp³-hybridized carbons (Fsp3) is 0.0526. The monoisotopic (exact) mass is 428 g/mol. The van der Waals surface area contributed by atoms with E-state index in [4.69, 9.17) is 4.74 Å². The topological polar surface area (TPSA) is 117 Å². The predicted molar refractivity (Wildman–Crippen MR) is 110 cm³/mol. The highest BCUT2D eigenvalue weighted by molar-refractivity contribution is 7.99. The number of nitrogens with zero attached hydrogens (tertiary/aromatic N) is 2. The van der Waals surface area contributed by atoms with Gasteiger partial charge < -0.3 is 9.84 Å². The highest BCUT2D eigenvalue weighted by atomic mass is 32.2. The van der Waals surface area contributed by atoms with E-state index >= 15 is 0 Å². The van der Waals surface area contributed by atoms with Crippen LogP contribution in [0.15, 0.2) is 75.9 Å². The van der Waals surface area contributed by atoms with Crippen molar-refractivity contribution in [2.45, 2.75) is 14.9 Å². The molecule has 0 radical (unpaired) electrons. The van der Waals surface area contributed by atoms with Gasteiger partial charge in [0.05, 0.1) is 22.6 Å². The Balaban J connectivity index is 1.81. The van der Waals surface area contributed by atoms with Crippen LogP contribution in [0.4, 0.5) is 5.69 Å². The number of ether oxygens (including phenoxy) is 1. The zero-order valence-electron chi connectivity index (χ0n) is 15.2. The summed E-state index contributed by atoms with van der Waals surface area (Å²) in [5, 5.41) is 18.7. The molecule has 0 amide bonds. The van der Waals surface area contributed by atoms with Gasteiger partial charge in [-0.3, -0.25) is 9.82 Å². The van der Waals surface area contributed by atoms with Gasteiger partial charge in [-0.2, -0.15) is 5.10 Å². The Morgan fingerprint density at radius 3 is 2.62 bits per heavy atom. The Kier molecular flexibility index (Phi) is 5.03. The molecule has 148 valence electrons. The lowest BCUT2D eigenvalue weighted by Gasteiger charge is -2.14. The lowest BCUT2D eigenvalue weighted by Crippen LogP contribution is -2.13. The van der Waals surface area contributed by atoms with E-state index < -0.39 is 10.0 Å². The number of fused-ring (bicyclic) bond motifs is 1. The Labute approximate surface area is 171 Å². The molecule has 0 fully saturated rings. The van der Waals surface area contributed by atoms with Crippen LogP contribution in [0, 0.1) is 0 Å². The standard InChI is InChI=1S/C19H16N4O4S2/c1-27-12-5-4-6-13(9-12)29(25,26)23-16-10-17(28-19-20-11-21-22-19)18(24)15-8-3-2-7-14(15)16/h2-11,23-24H,1H3,(H,20,21,22). The Morgan fingerprint density at radius 1 is 1.10 bits per heavy atom. The van der Waals surface area contributed by atoms with E-state index in [1.165, 1.54) is 25.6 Å². The molecule has 0 aliphatic heterocycles. The quantitative estimate of drug-likeness (QED) is 0.402. The van der Waals surface area contributed by atoms with E-state index in [2.05, 4.69) is 19.9 Å². The average molecular weight is 428 g/mol. The number of hydrogen-bond donors (Lipinski definition) is 3. The Morgan fingerprint density at radius 2 is 1.90 bits per heavy atom. The van der Waals surface area contributed by atoms with Crippen LogP contribution in [0.3, 0.4) is 0 Å². The number of phenols is 1. The van der Waals surface area contributed by atoms with Crippen LogP contribution in [-0.2, 0) is 10.0 Å². The maximum Gasteiger partial charge on any atom is 0.262 e. The lowest BCUT2D eigenvalue weighted by atomic mass is 10.1. The predicted octanol–water partition coefficient (Wildman–Crippen LogP) is 3.62. The zero-order chi connectivity index (χ0) is 20.4. The molecule has 0 aliphatic rings. The summed E-state index contributed by atoms with van der Waals surface area (Å²) >= 11 is 1.14. The second-order valence-electron chi connectivity index (χ2n) is 5.99. The summed E-state index contributed by atoms with van der Waals surface area (Å²) < 4.78 is 33.7. The molecule has 10 heteroatoms. The van der Waals surface area contributed by atoms with E-state index in [9.17, 15) is 13.5 Å². The first-order valence-electron chi connectivity index (χ1n) is 8.43. The van der Waals surface area contributed by atoms with Gasteiger partial charge in [-0.1, -0.05) is 30.3 Å². The highest BCUT2D eigenvalue weighted by Gasteiger charge is 2.19. The minimum absolute atomic E-state index is 0.0336. The van der Waals surface area contributed by atoms with Crippen molar-refractivity contribution in [2.75, 3.05) is 11.8 Å². The number of benzene rings is 3. The van der Waals surface area contributed by atoms with Crippen molar-refractivity contribution in [3.63, 3.8) is 0 Å². The molecule has 3 aromatic carbocycles. The fourth-order valence-corrected chi connectivity index (χ4v) is 4.71. The van der Waals surface area contributed by atoms with Gasteiger partial charge in [0.1, 0.15) is 17.8 Å². The number of aromatic hydroxyl groups is 1. The van der Waals surface area contributed by atoms with Gasteiger partial charge in [0.2, 0.25) is 0 Å². The van der Waals surface area contributed by atoms with Crippen molar-refractivity contribution in [2.24, 2.45) is 0 Å². The molecule has 0 aliphatic carbocycles. The third-order valence-corrected chi connectivity index (χ3v) is 6.46. The van der Waals surface area contributed by atoms with Gasteiger partial charge in [-0.15, -0.1) is 0 Å². The molecule has 0 unspecified atom stereocenters. The molecule has 0 saturated carbocycles. The number of aromatic amines is 1. The molecule has 0 saturated heterocycles. The second kappa shape index (κ2) is 7.64. The molecule has 0 spiro atoms. The zero-order valence-corrected chi connectivity index (χ0v) is 16.8. The molecule has 0 atom stereocenters. The van der Waals surface area contributed by atoms with Crippen LogP contribution in [0.25, 0.3) is 10.8 Å². The van der Waals surface area contributed by atoms with Crippen molar-refractivity contribution in [3.05, 3.63) is 60.9 Å². The summed E-state index contributed by atoms with van der Waals surface area (Å²) in [7, 11) is -2.41. The minimum atomic E-state index is -3.89. The number of methoxy groups -OCH3 is 1. The molecule has 1 aromatic heterocycles. The van der Waals surface area contributed by atoms with E-state index in [1.807, 2.05) is 0 Å². The van der Waals surface area contributed by atoms with Crippen LogP contribution in [0.5, 0.6) is 11.5 Å². The normalized spacial score (nSPS) is 11.5. The lowest BCUT2D eigenvalue weighted by molar-refractivity contribution is 0.413. The molecule has 29 heavy (non-hydrogen) atoms. The van der Waals surface area contributed by atoms with Gasteiger partial charge in [0.15, 0.2) is 5.16 Å². The van der Waals surface area contributed by atoms with Crippen LogP contribution in [0.2, 0.25) is 0 Å². The number of aromatic nitrogens is 3. The third-order valence-electron chi connectivity index (χ3n) is 4.18. The fourth-order valence-electron chi connectivity index (χ4n) is 2.82. The van der Waals surface area contributed by atoms with Crippen molar-refractivity contribution < 1.29 is 18.3 Å². The first kappa shape index (κ1) is 19.1. The summed E-state index contributed by atoms with van der Waals surface area (Å²) in [5.41, 5.74) is 0.336. The largest absolute Gasteiger partial charge is 0.506 e. The van der Waals surface area contributed by atoms with Crippen molar-refractivity contribution in [1.29, 1.82) is 0 Å². The summed E-state index contributed by atoms with van der Waals surface area (Å²) in [5.74, 6) is 0.469. The van der Waals surface area contributed by atoms with E-state index in [1.54, 1.807) is 42.5 Å². The second-order valence-corrected chi connectivity index (χ2v) is 8.71. The van der Waals surface area contributed by atoms with Crippen molar-refractivity contribution in [3.8, 4) is 11.5 Å². The van der Waals surface area contributed by atoms with Gasteiger partial charge in [-0.05, 0) is 30.0 Å². The Hall–Kier alpha value is -3.24. The minimum Gasteiger partial charge on any atom is -0.506 e. The van der Waals surface area contributed by atoms with Gasteiger partial charge in [0, 0.05) is 16.8 Å². The third kappa shape index (κ3) is 3.84.